The fourth-order valence-corrected chi connectivity index (χ4v) is 2.84. The second kappa shape index (κ2) is 5.87. The largest absolute Gasteiger partial charge is 0.322 e. The second-order valence-electron chi connectivity index (χ2n) is 4.55. The molecule has 0 aliphatic rings. The molecule has 0 aliphatic heterocycles. The number of tetrazole rings is 1. The van der Waals surface area contributed by atoms with Crippen LogP contribution in [-0.4, -0.2) is 29.8 Å². The number of aryl methyl sites for hydroxylation is 1. The molecule has 21 heavy (non-hydrogen) atoms. The van der Waals surface area contributed by atoms with Gasteiger partial charge >= 0.3 is 0 Å². The minimum absolute atomic E-state index is 0.615. The van der Waals surface area contributed by atoms with Crippen LogP contribution in [-0.2, 0) is 12.8 Å². The van der Waals surface area contributed by atoms with Gasteiger partial charge in [-0.1, -0.05) is 41.1 Å². The third-order valence-electron chi connectivity index (χ3n) is 3.08. The third kappa shape index (κ3) is 2.93. The van der Waals surface area contributed by atoms with Crippen molar-refractivity contribution in [3.63, 3.8) is 0 Å². The molecule has 108 valence electrons. The third-order valence-corrected chi connectivity index (χ3v) is 4.34. The SMILES string of the molecule is Cc1ccc(-n2nnnc2SCc2ncc(Cl)n2C)cc1. The molecule has 0 radical (unpaired) electrons. The van der Waals surface area contributed by atoms with Crippen LogP contribution in [0.3, 0.4) is 0 Å². The standard InChI is InChI=1S/C13H13ClN6S/c1-9-3-5-10(6-4-9)20-13(16-17-18-20)21-8-12-15-7-11(14)19(12)2/h3-7H,8H2,1-2H3. The van der Waals surface area contributed by atoms with Crippen LogP contribution >= 0.6 is 23.4 Å². The lowest BCUT2D eigenvalue weighted by molar-refractivity contribution is 0.755. The summed E-state index contributed by atoms with van der Waals surface area (Å²) in [6.45, 7) is 2.05. The molecule has 2 heterocycles. The number of imidazole rings is 1. The Kier molecular flexibility index (Phi) is 3.94. The highest BCUT2D eigenvalue weighted by atomic mass is 35.5. The smallest absolute Gasteiger partial charge is 0.214 e. The van der Waals surface area contributed by atoms with Gasteiger partial charge in [-0.2, -0.15) is 4.68 Å². The molecule has 0 aliphatic carbocycles. The monoisotopic (exact) mass is 320 g/mol. The number of thioether (sulfide) groups is 1. The average Bonchev–Trinajstić information content (AvgIpc) is 3.07. The lowest BCUT2D eigenvalue weighted by Crippen LogP contribution is -2.00. The number of benzene rings is 1. The average molecular weight is 321 g/mol. The van der Waals surface area contributed by atoms with E-state index in [9.17, 15) is 0 Å². The van der Waals surface area contributed by atoms with Crippen molar-refractivity contribution in [3.8, 4) is 5.69 Å². The number of aromatic nitrogens is 6. The molecule has 1 aromatic carbocycles. The Morgan fingerprint density at radius 1 is 1.24 bits per heavy atom. The van der Waals surface area contributed by atoms with Crippen LogP contribution in [0.2, 0.25) is 5.15 Å². The summed E-state index contributed by atoms with van der Waals surface area (Å²) in [6.07, 6.45) is 1.64. The Morgan fingerprint density at radius 2 is 2.00 bits per heavy atom. The molecule has 2 aromatic heterocycles. The van der Waals surface area contributed by atoms with Crippen molar-refractivity contribution in [2.24, 2.45) is 7.05 Å². The Morgan fingerprint density at radius 3 is 2.67 bits per heavy atom. The summed E-state index contributed by atoms with van der Waals surface area (Å²) in [5.41, 5.74) is 2.13. The summed E-state index contributed by atoms with van der Waals surface area (Å²) in [4.78, 5) is 4.26. The summed E-state index contributed by atoms with van der Waals surface area (Å²) in [7, 11) is 1.88. The quantitative estimate of drug-likeness (QED) is 0.692. The van der Waals surface area contributed by atoms with E-state index in [0.29, 0.717) is 10.9 Å². The van der Waals surface area contributed by atoms with Crippen molar-refractivity contribution in [1.29, 1.82) is 0 Å². The van der Waals surface area contributed by atoms with E-state index in [1.165, 1.54) is 17.3 Å². The van der Waals surface area contributed by atoms with Crippen LogP contribution in [0.1, 0.15) is 11.4 Å². The van der Waals surface area contributed by atoms with Crippen molar-refractivity contribution < 1.29 is 0 Å². The summed E-state index contributed by atoms with van der Waals surface area (Å²) >= 11 is 7.50. The lowest BCUT2D eigenvalue weighted by atomic mass is 10.2. The molecule has 0 bridgehead atoms. The van der Waals surface area contributed by atoms with Crippen LogP contribution in [0, 0.1) is 6.92 Å². The van der Waals surface area contributed by atoms with Crippen LogP contribution in [0.5, 0.6) is 0 Å². The van der Waals surface area contributed by atoms with Crippen LogP contribution < -0.4 is 0 Å². The van der Waals surface area contributed by atoms with E-state index in [4.69, 9.17) is 11.6 Å². The zero-order valence-electron chi connectivity index (χ0n) is 11.6. The van der Waals surface area contributed by atoms with Gasteiger partial charge in [-0.3, -0.25) is 0 Å². The Bertz CT molecular complexity index is 748. The first-order valence-corrected chi connectivity index (χ1v) is 7.66. The summed E-state index contributed by atoms with van der Waals surface area (Å²) in [6, 6.07) is 8.05. The molecule has 8 heteroatoms. The topological polar surface area (TPSA) is 61.4 Å². The van der Waals surface area contributed by atoms with Gasteiger partial charge in [0, 0.05) is 7.05 Å². The molecule has 0 amide bonds. The van der Waals surface area contributed by atoms with E-state index in [0.717, 1.165) is 16.7 Å². The zero-order valence-corrected chi connectivity index (χ0v) is 13.1. The summed E-state index contributed by atoms with van der Waals surface area (Å²) in [5, 5.41) is 13.2. The minimum Gasteiger partial charge on any atom is -0.322 e. The molecule has 0 N–H and O–H groups in total. The number of nitrogens with zero attached hydrogens (tertiary/aromatic N) is 6. The van der Waals surface area contributed by atoms with Gasteiger partial charge in [0.05, 0.1) is 17.6 Å². The first-order valence-electron chi connectivity index (χ1n) is 6.29. The highest BCUT2D eigenvalue weighted by Crippen LogP contribution is 2.23. The second-order valence-corrected chi connectivity index (χ2v) is 5.88. The molecule has 0 saturated carbocycles. The Hall–Kier alpha value is -1.86. The van der Waals surface area contributed by atoms with Gasteiger partial charge in [-0.05, 0) is 29.5 Å². The van der Waals surface area contributed by atoms with E-state index in [1.54, 1.807) is 10.9 Å². The molecular weight excluding hydrogens is 308 g/mol. The first kappa shape index (κ1) is 14.1. The van der Waals surface area contributed by atoms with Crippen LogP contribution in [0.25, 0.3) is 5.69 Å². The minimum atomic E-state index is 0.615. The fourth-order valence-electron chi connectivity index (χ4n) is 1.80. The maximum Gasteiger partial charge on any atom is 0.214 e. The van der Waals surface area contributed by atoms with Crippen molar-refractivity contribution >= 4 is 23.4 Å². The molecular formula is C13H13ClN6S. The molecule has 3 rings (SSSR count). The predicted molar refractivity (Wildman–Crippen MR) is 81.7 cm³/mol. The van der Waals surface area contributed by atoms with Gasteiger partial charge in [0.25, 0.3) is 0 Å². The van der Waals surface area contributed by atoms with Gasteiger partial charge in [0.2, 0.25) is 5.16 Å². The Labute approximate surface area is 131 Å². The maximum atomic E-state index is 5.98. The fraction of sp³-hybridized carbons (Fsp3) is 0.231. The molecule has 0 spiro atoms. The summed E-state index contributed by atoms with van der Waals surface area (Å²) in [5.74, 6) is 1.53. The van der Waals surface area contributed by atoms with Gasteiger partial charge in [0.15, 0.2) is 0 Å². The predicted octanol–water partition coefficient (Wildman–Crippen LogP) is 2.65. The summed E-state index contributed by atoms with van der Waals surface area (Å²) < 4.78 is 3.56. The number of hydrogen-bond acceptors (Lipinski definition) is 5. The van der Waals surface area contributed by atoms with Crippen molar-refractivity contribution in [2.75, 3.05) is 0 Å². The van der Waals surface area contributed by atoms with Crippen molar-refractivity contribution in [2.45, 2.75) is 17.8 Å². The number of halogens is 1. The molecule has 0 fully saturated rings. The van der Waals surface area contributed by atoms with E-state index < -0.39 is 0 Å². The number of rotatable bonds is 4. The normalized spacial score (nSPS) is 11.0. The molecule has 0 unspecified atom stereocenters. The van der Waals surface area contributed by atoms with E-state index in [2.05, 4.69) is 20.5 Å². The van der Waals surface area contributed by atoms with E-state index in [-0.39, 0.29) is 0 Å². The lowest BCUT2D eigenvalue weighted by Gasteiger charge is -2.05. The van der Waals surface area contributed by atoms with Gasteiger partial charge < -0.3 is 4.57 Å². The van der Waals surface area contributed by atoms with Crippen LogP contribution in [0.4, 0.5) is 0 Å². The van der Waals surface area contributed by atoms with Crippen molar-refractivity contribution in [1.82, 2.24) is 29.8 Å². The van der Waals surface area contributed by atoms with Crippen molar-refractivity contribution in [3.05, 3.63) is 47.0 Å². The molecule has 0 atom stereocenters. The zero-order chi connectivity index (χ0) is 14.8. The molecule has 3 aromatic rings. The molecule has 6 nitrogen and oxygen atoms in total. The van der Waals surface area contributed by atoms with E-state index in [1.807, 2.05) is 42.8 Å². The first-order chi connectivity index (χ1) is 10.1. The maximum absolute atomic E-state index is 5.98. The van der Waals surface area contributed by atoms with Crippen LogP contribution in [0.15, 0.2) is 35.6 Å². The highest BCUT2D eigenvalue weighted by molar-refractivity contribution is 7.98. The van der Waals surface area contributed by atoms with Gasteiger partial charge in [0.1, 0.15) is 11.0 Å². The van der Waals surface area contributed by atoms with E-state index >= 15 is 0 Å². The van der Waals surface area contributed by atoms with Gasteiger partial charge in [-0.25, -0.2) is 4.98 Å². The molecule has 0 saturated heterocycles. The van der Waals surface area contributed by atoms with Gasteiger partial charge in [-0.15, -0.1) is 5.10 Å². The highest BCUT2D eigenvalue weighted by Gasteiger charge is 2.11. The Balaban J connectivity index is 1.80. The number of hydrogen-bond donors (Lipinski definition) is 0.